The van der Waals surface area contributed by atoms with Gasteiger partial charge in [0.25, 0.3) is 0 Å². The van der Waals surface area contributed by atoms with E-state index in [1.54, 1.807) is 0 Å². The van der Waals surface area contributed by atoms with Crippen LogP contribution < -0.4 is 0 Å². The van der Waals surface area contributed by atoms with Crippen molar-refractivity contribution in [2.75, 3.05) is 0 Å². The number of hydrogen-bond acceptors (Lipinski definition) is 4. The smallest absolute Gasteiger partial charge is 0.336 e. The van der Waals surface area contributed by atoms with Crippen LogP contribution in [0.1, 0.15) is 52.6 Å². The number of aromatic carboxylic acids is 4. The van der Waals surface area contributed by atoms with Gasteiger partial charge in [-0.2, -0.15) is 0 Å². The van der Waals surface area contributed by atoms with Gasteiger partial charge in [-0.25, -0.2) is 19.2 Å². The van der Waals surface area contributed by atoms with Gasteiger partial charge in [0.15, 0.2) is 0 Å². The molecule has 8 heteroatoms. The lowest BCUT2D eigenvalue weighted by molar-refractivity contribution is 0.0676. The Bertz CT molecular complexity index is 923. The minimum atomic E-state index is -1.38. The molecular weight excluding hydrogens is 344 g/mol. The summed E-state index contributed by atoms with van der Waals surface area (Å²) in [4.78, 5) is 44.9. The Morgan fingerprint density at radius 1 is 0.654 bits per heavy atom. The third-order valence-electron chi connectivity index (χ3n) is 3.53. The molecular formula is C18H12O8. The van der Waals surface area contributed by atoms with E-state index in [1.807, 2.05) is 0 Å². The average Bonchev–Trinajstić information content (AvgIpc) is 2.58. The average molecular weight is 356 g/mol. The van der Waals surface area contributed by atoms with Gasteiger partial charge < -0.3 is 20.4 Å². The number of carbonyl (C=O) groups is 4. The van der Waals surface area contributed by atoms with Crippen molar-refractivity contribution in [3.8, 4) is 0 Å². The molecule has 0 fully saturated rings. The van der Waals surface area contributed by atoms with Crippen molar-refractivity contribution < 1.29 is 39.6 Å². The zero-order valence-corrected chi connectivity index (χ0v) is 13.0. The van der Waals surface area contributed by atoms with Gasteiger partial charge in [0.2, 0.25) is 0 Å². The topological polar surface area (TPSA) is 149 Å². The summed E-state index contributed by atoms with van der Waals surface area (Å²) in [6.07, 6.45) is 2.40. The van der Waals surface area contributed by atoms with E-state index < -0.39 is 23.9 Å². The summed E-state index contributed by atoms with van der Waals surface area (Å²) in [6.45, 7) is 0. The van der Waals surface area contributed by atoms with Gasteiger partial charge in [-0.15, -0.1) is 0 Å². The first-order valence-electron chi connectivity index (χ1n) is 7.10. The predicted molar refractivity (Wildman–Crippen MR) is 89.6 cm³/mol. The van der Waals surface area contributed by atoms with Crippen LogP contribution in [0.2, 0.25) is 0 Å². The van der Waals surface area contributed by atoms with Gasteiger partial charge in [0.1, 0.15) is 0 Å². The van der Waals surface area contributed by atoms with E-state index in [-0.39, 0.29) is 33.4 Å². The Labute approximate surface area is 146 Å². The van der Waals surface area contributed by atoms with Crippen LogP contribution in [0.3, 0.4) is 0 Å². The zero-order valence-electron chi connectivity index (χ0n) is 13.0. The molecule has 26 heavy (non-hydrogen) atoms. The highest BCUT2D eigenvalue weighted by molar-refractivity contribution is 6.02. The Morgan fingerprint density at radius 2 is 1.19 bits per heavy atom. The molecule has 0 amide bonds. The molecule has 0 aliphatic heterocycles. The number of benzene rings is 2. The van der Waals surface area contributed by atoms with Crippen molar-refractivity contribution in [2.24, 2.45) is 0 Å². The molecule has 132 valence electrons. The summed E-state index contributed by atoms with van der Waals surface area (Å²) in [5, 5.41) is 36.6. The normalized spacial score (nSPS) is 10.6. The molecule has 0 unspecified atom stereocenters. The van der Waals surface area contributed by atoms with E-state index in [9.17, 15) is 34.5 Å². The summed E-state index contributed by atoms with van der Waals surface area (Å²) < 4.78 is 0. The van der Waals surface area contributed by atoms with Crippen molar-refractivity contribution in [1.29, 1.82) is 0 Å². The van der Waals surface area contributed by atoms with E-state index in [2.05, 4.69) is 0 Å². The van der Waals surface area contributed by atoms with E-state index in [0.29, 0.717) is 0 Å². The molecule has 0 saturated carbocycles. The van der Waals surface area contributed by atoms with Gasteiger partial charge in [-0.05, 0) is 29.8 Å². The quantitative estimate of drug-likeness (QED) is 0.577. The molecule has 8 nitrogen and oxygen atoms in total. The fourth-order valence-electron chi connectivity index (χ4n) is 2.31. The van der Waals surface area contributed by atoms with Crippen LogP contribution in [0.15, 0.2) is 36.4 Å². The standard InChI is InChI=1S/C18H12O8/c19-15(20)10-5-4-9(14(8-10)18(25)26)6-7-11-12(16(21)22)2-1-3-13(11)17(23)24/h1-8H,(H,19,20)(H,21,22)(H,23,24)(H,25,26)/b7-6+. The largest absolute Gasteiger partial charge is 0.478 e. The SMILES string of the molecule is O=C(O)c1ccc(/C=C/c2c(C(=O)O)cccc2C(=O)O)c(C(=O)O)c1. The van der Waals surface area contributed by atoms with Crippen molar-refractivity contribution in [1.82, 2.24) is 0 Å². The summed E-state index contributed by atoms with van der Waals surface area (Å²) in [5.74, 6) is -5.36. The third kappa shape index (κ3) is 3.75. The first kappa shape index (κ1) is 18.4. The molecule has 2 aromatic rings. The van der Waals surface area contributed by atoms with Gasteiger partial charge in [0.05, 0.1) is 22.3 Å². The second kappa shape index (κ2) is 7.31. The van der Waals surface area contributed by atoms with Gasteiger partial charge >= 0.3 is 23.9 Å². The second-order valence-electron chi connectivity index (χ2n) is 5.12. The lowest BCUT2D eigenvalue weighted by Gasteiger charge is -2.07. The summed E-state index contributed by atoms with van der Waals surface area (Å²) in [6, 6.07) is 7.13. The number of hydrogen-bond donors (Lipinski definition) is 4. The molecule has 2 aromatic carbocycles. The second-order valence-corrected chi connectivity index (χ2v) is 5.12. The van der Waals surface area contributed by atoms with E-state index in [4.69, 9.17) is 5.11 Å². The maximum atomic E-state index is 11.3. The van der Waals surface area contributed by atoms with Crippen LogP contribution in [0.25, 0.3) is 12.2 Å². The lowest BCUT2D eigenvalue weighted by Crippen LogP contribution is -2.07. The minimum Gasteiger partial charge on any atom is -0.478 e. The fourth-order valence-corrected chi connectivity index (χ4v) is 2.31. The molecule has 2 rings (SSSR count). The van der Waals surface area contributed by atoms with Gasteiger partial charge in [-0.3, -0.25) is 0 Å². The fraction of sp³-hybridized carbons (Fsp3) is 0. The molecule has 0 radical (unpaired) electrons. The highest BCUT2D eigenvalue weighted by Crippen LogP contribution is 2.21. The van der Waals surface area contributed by atoms with Crippen molar-refractivity contribution >= 4 is 36.0 Å². The summed E-state index contributed by atoms with van der Waals surface area (Å²) in [7, 11) is 0. The van der Waals surface area contributed by atoms with Crippen LogP contribution in [0, 0.1) is 0 Å². The Morgan fingerprint density at radius 3 is 1.65 bits per heavy atom. The van der Waals surface area contributed by atoms with Gasteiger partial charge in [0, 0.05) is 5.56 Å². The lowest BCUT2D eigenvalue weighted by atomic mass is 9.98. The highest BCUT2D eigenvalue weighted by Gasteiger charge is 2.17. The molecule has 0 aliphatic carbocycles. The van der Waals surface area contributed by atoms with Crippen molar-refractivity contribution in [3.05, 3.63) is 69.8 Å². The molecule has 0 bridgehead atoms. The van der Waals surface area contributed by atoms with Crippen LogP contribution in [0.4, 0.5) is 0 Å². The molecule has 0 saturated heterocycles. The Hall–Kier alpha value is -3.94. The zero-order chi connectivity index (χ0) is 19.4. The van der Waals surface area contributed by atoms with Gasteiger partial charge in [-0.1, -0.05) is 24.3 Å². The first-order chi connectivity index (χ1) is 12.2. The minimum absolute atomic E-state index is 0.0963. The highest BCUT2D eigenvalue weighted by atomic mass is 16.4. The van der Waals surface area contributed by atoms with Crippen LogP contribution in [0.5, 0.6) is 0 Å². The maximum Gasteiger partial charge on any atom is 0.336 e. The summed E-state index contributed by atoms with van der Waals surface area (Å²) >= 11 is 0. The van der Waals surface area contributed by atoms with E-state index in [0.717, 1.165) is 6.07 Å². The monoisotopic (exact) mass is 356 g/mol. The van der Waals surface area contributed by atoms with Crippen LogP contribution in [-0.2, 0) is 0 Å². The maximum absolute atomic E-state index is 11.3. The van der Waals surface area contributed by atoms with Crippen LogP contribution >= 0.6 is 0 Å². The Balaban J connectivity index is 2.61. The molecule has 0 spiro atoms. The van der Waals surface area contributed by atoms with E-state index >= 15 is 0 Å². The predicted octanol–water partition coefficient (Wildman–Crippen LogP) is 2.65. The van der Waals surface area contributed by atoms with Crippen LogP contribution in [-0.4, -0.2) is 44.3 Å². The number of carboxylic acids is 4. The third-order valence-corrected chi connectivity index (χ3v) is 3.53. The van der Waals surface area contributed by atoms with Crippen molar-refractivity contribution in [2.45, 2.75) is 0 Å². The molecule has 4 N–H and O–H groups in total. The number of rotatable bonds is 6. The number of carboxylic acid groups (broad SMARTS) is 4. The van der Waals surface area contributed by atoms with Crippen molar-refractivity contribution in [3.63, 3.8) is 0 Å². The molecule has 0 heterocycles. The molecule has 0 atom stereocenters. The molecule has 0 aliphatic rings. The van der Waals surface area contributed by atoms with E-state index in [1.165, 1.54) is 42.5 Å². The molecule has 0 aromatic heterocycles. The Kier molecular flexibility index (Phi) is 5.17. The first-order valence-corrected chi connectivity index (χ1v) is 7.10. The summed E-state index contributed by atoms with van der Waals surface area (Å²) in [5.41, 5.74) is -1.08.